The number of halogens is 2. The molecule has 0 unspecified atom stereocenters. The van der Waals surface area contributed by atoms with E-state index in [4.69, 9.17) is 4.74 Å². The number of aromatic nitrogens is 2. The zero-order chi connectivity index (χ0) is 16.9. The third-order valence-corrected chi connectivity index (χ3v) is 5.86. The Morgan fingerprint density at radius 1 is 1.04 bits per heavy atom. The maximum Gasteiger partial charge on any atom is 0.123 e. The SMILES string of the molecule is Cc1c(-c2ccc3c(c2)CCC2(CCNCC2)O3)ccc2ccnn12.Cl.Cl. The number of pyridine rings is 1. The van der Waals surface area contributed by atoms with E-state index in [-0.39, 0.29) is 30.4 Å². The number of ether oxygens (including phenoxy) is 1. The Labute approximate surface area is 172 Å². The molecule has 0 aliphatic carbocycles. The highest BCUT2D eigenvalue weighted by molar-refractivity contribution is 5.85. The van der Waals surface area contributed by atoms with Gasteiger partial charge in [-0.05, 0) is 81.1 Å². The summed E-state index contributed by atoms with van der Waals surface area (Å²) < 4.78 is 8.49. The van der Waals surface area contributed by atoms with Crippen LogP contribution in [0.2, 0.25) is 0 Å². The monoisotopic (exact) mass is 405 g/mol. The van der Waals surface area contributed by atoms with Crippen molar-refractivity contribution in [3.63, 3.8) is 0 Å². The van der Waals surface area contributed by atoms with Gasteiger partial charge >= 0.3 is 0 Å². The van der Waals surface area contributed by atoms with E-state index in [0.29, 0.717) is 0 Å². The molecule has 4 heterocycles. The molecule has 144 valence electrons. The van der Waals surface area contributed by atoms with Gasteiger partial charge in [0.05, 0.1) is 5.52 Å². The Morgan fingerprint density at radius 3 is 2.67 bits per heavy atom. The summed E-state index contributed by atoms with van der Waals surface area (Å²) in [5.41, 5.74) is 6.19. The Hall–Kier alpha value is -1.75. The highest BCUT2D eigenvalue weighted by Gasteiger charge is 2.37. The molecule has 0 amide bonds. The van der Waals surface area contributed by atoms with E-state index in [1.807, 2.05) is 16.8 Å². The van der Waals surface area contributed by atoms with Crippen molar-refractivity contribution in [3.8, 4) is 16.9 Å². The van der Waals surface area contributed by atoms with Crippen molar-refractivity contribution in [2.45, 2.75) is 38.2 Å². The van der Waals surface area contributed by atoms with E-state index in [1.165, 1.54) is 22.4 Å². The van der Waals surface area contributed by atoms with Crippen LogP contribution in [0.4, 0.5) is 0 Å². The molecule has 0 radical (unpaired) electrons. The fourth-order valence-electron chi connectivity index (χ4n) is 4.35. The van der Waals surface area contributed by atoms with Crippen molar-refractivity contribution in [2.24, 2.45) is 0 Å². The van der Waals surface area contributed by atoms with Gasteiger partial charge in [-0.15, -0.1) is 24.8 Å². The van der Waals surface area contributed by atoms with Crippen LogP contribution in [0.5, 0.6) is 5.75 Å². The molecule has 27 heavy (non-hydrogen) atoms. The van der Waals surface area contributed by atoms with E-state index in [0.717, 1.165) is 50.0 Å². The average Bonchev–Trinajstić information content (AvgIpc) is 3.12. The van der Waals surface area contributed by atoms with Crippen LogP contribution in [-0.2, 0) is 6.42 Å². The van der Waals surface area contributed by atoms with Gasteiger partial charge in [-0.25, -0.2) is 4.52 Å². The summed E-state index contributed by atoms with van der Waals surface area (Å²) in [6, 6.07) is 13.0. The smallest absolute Gasteiger partial charge is 0.123 e. The largest absolute Gasteiger partial charge is 0.487 e. The second kappa shape index (κ2) is 7.70. The summed E-state index contributed by atoms with van der Waals surface area (Å²) in [7, 11) is 0. The molecular weight excluding hydrogens is 381 g/mol. The van der Waals surface area contributed by atoms with Gasteiger partial charge in [0.15, 0.2) is 0 Å². The maximum atomic E-state index is 6.48. The molecule has 1 N–H and O–H groups in total. The molecule has 1 spiro atoms. The molecule has 0 bridgehead atoms. The highest BCUT2D eigenvalue weighted by Crippen LogP contribution is 2.40. The molecule has 2 aromatic heterocycles. The minimum absolute atomic E-state index is 0. The predicted molar refractivity (Wildman–Crippen MR) is 114 cm³/mol. The second-order valence-electron chi connectivity index (χ2n) is 7.36. The quantitative estimate of drug-likeness (QED) is 0.642. The molecule has 0 saturated carbocycles. The normalized spacial score (nSPS) is 17.5. The van der Waals surface area contributed by atoms with Gasteiger partial charge in [-0.3, -0.25) is 0 Å². The number of hydrogen-bond donors (Lipinski definition) is 1. The topological polar surface area (TPSA) is 38.6 Å². The van der Waals surface area contributed by atoms with Gasteiger partial charge in [0.2, 0.25) is 0 Å². The van der Waals surface area contributed by atoms with Gasteiger partial charge < -0.3 is 10.1 Å². The lowest BCUT2D eigenvalue weighted by Crippen LogP contribution is -2.48. The number of piperidine rings is 1. The van der Waals surface area contributed by atoms with Crippen LogP contribution in [0, 0.1) is 6.92 Å². The van der Waals surface area contributed by atoms with Gasteiger partial charge in [0, 0.05) is 17.5 Å². The number of rotatable bonds is 1. The Bertz CT molecular complexity index is 948. The van der Waals surface area contributed by atoms with Gasteiger partial charge in [-0.1, -0.05) is 12.1 Å². The van der Waals surface area contributed by atoms with E-state index in [9.17, 15) is 0 Å². The number of fused-ring (bicyclic) bond motifs is 2. The molecule has 1 saturated heterocycles. The summed E-state index contributed by atoms with van der Waals surface area (Å²) in [4.78, 5) is 0. The first-order valence-corrected chi connectivity index (χ1v) is 9.21. The molecule has 1 aromatic carbocycles. The summed E-state index contributed by atoms with van der Waals surface area (Å²) >= 11 is 0. The van der Waals surface area contributed by atoms with Crippen LogP contribution in [0.1, 0.15) is 30.5 Å². The number of nitrogens with one attached hydrogen (secondary N) is 1. The van der Waals surface area contributed by atoms with Crippen LogP contribution in [-0.4, -0.2) is 28.3 Å². The zero-order valence-electron chi connectivity index (χ0n) is 15.4. The maximum absolute atomic E-state index is 6.48. The third-order valence-electron chi connectivity index (χ3n) is 5.86. The van der Waals surface area contributed by atoms with Crippen molar-refractivity contribution in [1.29, 1.82) is 0 Å². The van der Waals surface area contributed by atoms with Crippen molar-refractivity contribution in [1.82, 2.24) is 14.9 Å². The van der Waals surface area contributed by atoms with Crippen molar-refractivity contribution >= 4 is 30.3 Å². The predicted octanol–water partition coefficient (Wildman–Crippen LogP) is 4.60. The first kappa shape index (κ1) is 20.0. The van der Waals surface area contributed by atoms with Crippen LogP contribution in [0.3, 0.4) is 0 Å². The average molecular weight is 406 g/mol. The molecule has 5 rings (SSSR count). The zero-order valence-corrected chi connectivity index (χ0v) is 17.0. The number of nitrogens with zero attached hydrogens (tertiary/aromatic N) is 2. The van der Waals surface area contributed by atoms with Crippen molar-refractivity contribution in [2.75, 3.05) is 13.1 Å². The summed E-state index contributed by atoms with van der Waals surface area (Å²) in [5, 5.41) is 7.88. The summed E-state index contributed by atoms with van der Waals surface area (Å²) in [6.45, 7) is 4.27. The molecular formula is C21H25Cl2N3O. The second-order valence-corrected chi connectivity index (χ2v) is 7.36. The lowest BCUT2D eigenvalue weighted by Gasteiger charge is -2.41. The van der Waals surface area contributed by atoms with E-state index < -0.39 is 0 Å². The Kier molecular flexibility index (Phi) is 5.71. The summed E-state index contributed by atoms with van der Waals surface area (Å²) in [5.74, 6) is 1.08. The van der Waals surface area contributed by atoms with Crippen LogP contribution >= 0.6 is 24.8 Å². The number of aryl methyl sites for hydroxylation is 2. The summed E-state index contributed by atoms with van der Waals surface area (Å²) in [6.07, 6.45) is 6.31. The minimum Gasteiger partial charge on any atom is -0.487 e. The molecule has 6 heteroatoms. The van der Waals surface area contributed by atoms with Crippen LogP contribution in [0.15, 0.2) is 42.6 Å². The lowest BCUT2D eigenvalue weighted by molar-refractivity contribution is 0.0170. The Morgan fingerprint density at radius 2 is 1.85 bits per heavy atom. The third kappa shape index (κ3) is 3.42. The molecule has 3 aromatic rings. The van der Waals surface area contributed by atoms with Crippen molar-refractivity contribution < 1.29 is 4.74 Å². The van der Waals surface area contributed by atoms with E-state index in [1.54, 1.807) is 0 Å². The van der Waals surface area contributed by atoms with Crippen LogP contribution in [0.25, 0.3) is 16.6 Å². The van der Waals surface area contributed by atoms with Gasteiger partial charge in [0.25, 0.3) is 0 Å². The molecule has 0 atom stereocenters. The highest BCUT2D eigenvalue weighted by atomic mass is 35.5. The first-order valence-electron chi connectivity index (χ1n) is 9.21. The van der Waals surface area contributed by atoms with Gasteiger partial charge in [0.1, 0.15) is 11.4 Å². The van der Waals surface area contributed by atoms with Crippen LogP contribution < -0.4 is 10.1 Å². The molecule has 2 aliphatic heterocycles. The first-order chi connectivity index (χ1) is 12.2. The minimum atomic E-state index is 0. The van der Waals surface area contributed by atoms with E-state index >= 15 is 0 Å². The number of benzene rings is 1. The van der Waals surface area contributed by atoms with E-state index in [2.05, 4.69) is 47.7 Å². The molecule has 2 aliphatic rings. The van der Waals surface area contributed by atoms with Crippen molar-refractivity contribution in [3.05, 3.63) is 53.9 Å². The fourth-order valence-corrected chi connectivity index (χ4v) is 4.35. The standard InChI is InChI=1S/C21H23N3O.2ClH/c1-15-19(4-3-18-7-11-23-24(15)18)16-2-5-20-17(14-16)6-8-21(25-20)9-12-22-13-10-21;;/h2-5,7,11,14,22H,6,8-10,12-13H2,1H3;2*1H. The molecule has 1 fully saturated rings. The number of hydrogen-bond acceptors (Lipinski definition) is 3. The molecule has 4 nitrogen and oxygen atoms in total. The lowest BCUT2D eigenvalue weighted by atomic mass is 9.83. The Balaban J connectivity index is 0.00000105. The van der Waals surface area contributed by atoms with Gasteiger partial charge in [-0.2, -0.15) is 5.10 Å². The fraction of sp³-hybridized carbons (Fsp3) is 0.381.